The molecule has 0 saturated carbocycles. The van der Waals surface area contributed by atoms with Gasteiger partial charge in [-0.05, 0) is 50.1 Å². The Balaban J connectivity index is 2.41. The van der Waals surface area contributed by atoms with Crippen molar-refractivity contribution in [2.24, 2.45) is 0 Å². The molecule has 1 amide bonds. The fourth-order valence-corrected chi connectivity index (χ4v) is 3.75. The van der Waals surface area contributed by atoms with Gasteiger partial charge in [-0.15, -0.1) is 0 Å². The summed E-state index contributed by atoms with van der Waals surface area (Å²) in [5.74, 6) is -1.61. The molecule has 0 aliphatic heterocycles. The van der Waals surface area contributed by atoms with Crippen molar-refractivity contribution in [3.05, 3.63) is 59.2 Å². The van der Waals surface area contributed by atoms with Gasteiger partial charge in [0.05, 0.1) is 21.7 Å². The number of anilines is 1. The molecule has 3 N–H and O–H groups in total. The molecule has 2 rings (SSSR count). The van der Waals surface area contributed by atoms with E-state index in [2.05, 4.69) is 10.0 Å². The predicted octanol–water partition coefficient (Wildman–Crippen LogP) is 3.02. The molecule has 0 fully saturated rings. The molecule has 0 radical (unpaired) electrons. The van der Waals surface area contributed by atoms with Gasteiger partial charge in [0.1, 0.15) is 0 Å². The Morgan fingerprint density at radius 3 is 2.44 bits per heavy atom. The maximum Gasteiger partial charge on any atom is 0.335 e. The van der Waals surface area contributed by atoms with Crippen LogP contribution >= 0.6 is 0 Å². The van der Waals surface area contributed by atoms with Crippen molar-refractivity contribution in [2.45, 2.75) is 38.1 Å². The second-order valence-electron chi connectivity index (χ2n) is 6.22. The average molecular weight is 390 g/mol. The molecule has 0 aromatic heterocycles. The van der Waals surface area contributed by atoms with Crippen LogP contribution in [0.5, 0.6) is 0 Å². The monoisotopic (exact) mass is 390 g/mol. The zero-order chi connectivity index (χ0) is 20.2. The minimum Gasteiger partial charge on any atom is -0.478 e. The molecule has 27 heavy (non-hydrogen) atoms. The molecule has 2 aromatic rings. The molecule has 2 aromatic carbocycles. The van der Waals surface area contributed by atoms with Crippen LogP contribution in [0.2, 0.25) is 0 Å². The number of nitrogens with one attached hydrogen (secondary N) is 2. The van der Waals surface area contributed by atoms with Crippen LogP contribution in [0.4, 0.5) is 5.69 Å². The molecule has 0 bridgehead atoms. The number of rotatable bonds is 7. The Labute approximate surface area is 158 Å². The normalized spacial score (nSPS) is 12.3. The van der Waals surface area contributed by atoms with Crippen molar-refractivity contribution in [3.63, 3.8) is 0 Å². The molecular formula is C19H22N2O5S. The zero-order valence-electron chi connectivity index (χ0n) is 15.3. The molecule has 1 atom stereocenters. The van der Waals surface area contributed by atoms with Gasteiger partial charge in [-0.1, -0.05) is 25.1 Å². The lowest BCUT2D eigenvalue weighted by Crippen LogP contribution is -2.32. The first kappa shape index (κ1) is 20.4. The minimum atomic E-state index is -4.08. The van der Waals surface area contributed by atoms with Crippen LogP contribution in [-0.4, -0.2) is 31.4 Å². The van der Waals surface area contributed by atoms with Crippen LogP contribution in [0.1, 0.15) is 46.5 Å². The molecule has 8 heteroatoms. The van der Waals surface area contributed by atoms with E-state index >= 15 is 0 Å². The maximum atomic E-state index is 12.8. The summed E-state index contributed by atoms with van der Waals surface area (Å²) < 4.78 is 28.0. The second kappa shape index (κ2) is 8.22. The summed E-state index contributed by atoms with van der Waals surface area (Å²) in [6.45, 7) is 5.35. The first-order chi connectivity index (χ1) is 12.7. The van der Waals surface area contributed by atoms with E-state index in [9.17, 15) is 18.0 Å². The van der Waals surface area contributed by atoms with E-state index in [0.717, 1.165) is 12.5 Å². The largest absolute Gasteiger partial charge is 0.478 e. The average Bonchev–Trinajstić information content (AvgIpc) is 2.61. The Kier molecular flexibility index (Phi) is 6.22. The maximum absolute atomic E-state index is 12.8. The van der Waals surface area contributed by atoms with Crippen LogP contribution in [-0.2, 0) is 10.0 Å². The van der Waals surface area contributed by atoms with Crippen LogP contribution in [0.3, 0.4) is 0 Å². The SMILES string of the molecule is CCC(C)NC(=O)c1ccccc1NS(=O)(=O)c1cc(C(=O)O)ccc1C. The number of carboxylic acids is 1. The van der Waals surface area contributed by atoms with Crippen molar-refractivity contribution in [1.29, 1.82) is 0 Å². The van der Waals surface area contributed by atoms with Gasteiger partial charge < -0.3 is 10.4 Å². The van der Waals surface area contributed by atoms with Crippen LogP contribution in [0.15, 0.2) is 47.4 Å². The van der Waals surface area contributed by atoms with E-state index in [4.69, 9.17) is 5.11 Å². The van der Waals surface area contributed by atoms with E-state index in [1.165, 1.54) is 24.3 Å². The number of hydrogen-bond donors (Lipinski definition) is 3. The number of hydrogen-bond acceptors (Lipinski definition) is 4. The number of carboxylic acid groups (broad SMARTS) is 1. The van der Waals surface area contributed by atoms with Gasteiger partial charge in [-0.3, -0.25) is 9.52 Å². The number of carbonyl (C=O) groups excluding carboxylic acids is 1. The number of benzene rings is 2. The van der Waals surface area contributed by atoms with Crippen molar-refractivity contribution < 1.29 is 23.1 Å². The Bertz CT molecular complexity index is 970. The number of aryl methyl sites for hydroxylation is 1. The summed E-state index contributed by atoms with van der Waals surface area (Å²) in [4.78, 5) is 23.4. The number of carbonyl (C=O) groups is 2. The summed E-state index contributed by atoms with van der Waals surface area (Å²) in [6, 6.07) is 10.1. The molecule has 7 nitrogen and oxygen atoms in total. The fraction of sp³-hybridized carbons (Fsp3) is 0.263. The third-order valence-corrected chi connectivity index (χ3v) is 5.64. The molecule has 1 unspecified atom stereocenters. The zero-order valence-corrected chi connectivity index (χ0v) is 16.1. The Morgan fingerprint density at radius 2 is 1.81 bits per heavy atom. The Morgan fingerprint density at radius 1 is 1.15 bits per heavy atom. The summed E-state index contributed by atoms with van der Waals surface area (Å²) in [5, 5.41) is 11.9. The summed E-state index contributed by atoms with van der Waals surface area (Å²) in [6.07, 6.45) is 0.737. The lowest BCUT2D eigenvalue weighted by molar-refractivity contribution is 0.0696. The van der Waals surface area contributed by atoms with E-state index in [1.807, 2.05) is 13.8 Å². The van der Waals surface area contributed by atoms with E-state index in [0.29, 0.717) is 5.56 Å². The Hall–Kier alpha value is -2.87. The third kappa shape index (κ3) is 4.85. The van der Waals surface area contributed by atoms with Gasteiger partial charge in [0.2, 0.25) is 0 Å². The van der Waals surface area contributed by atoms with Gasteiger partial charge in [0.15, 0.2) is 0 Å². The standard InChI is InChI=1S/C19H22N2O5S/c1-4-13(3)20-18(22)15-7-5-6-8-16(15)21-27(25,26)17-11-14(19(23)24)10-9-12(17)2/h5-11,13,21H,4H2,1-3H3,(H,20,22)(H,23,24). The molecular weight excluding hydrogens is 368 g/mol. The topological polar surface area (TPSA) is 113 Å². The first-order valence-electron chi connectivity index (χ1n) is 8.42. The van der Waals surface area contributed by atoms with Crippen LogP contribution < -0.4 is 10.0 Å². The summed E-state index contributed by atoms with van der Waals surface area (Å²) in [5.41, 5.74) is 0.574. The highest BCUT2D eigenvalue weighted by molar-refractivity contribution is 7.92. The van der Waals surface area contributed by atoms with E-state index < -0.39 is 21.9 Å². The second-order valence-corrected chi connectivity index (χ2v) is 7.87. The highest BCUT2D eigenvalue weighted by Gasteiger charge is 2.22. The fourth-order valence-electron chi connectivity index (χ4n) is 2.40. The number of sulfonamides is 1. The molecule has 0 aliphatic carbocycles. The third-order valence-electron chi connectivity index (χ3n) is 4.13. The van der Waals surface area contributed by atoms with Crippen LogP contribution in [0, 0.1) is 6.92 Å². The summed E-state index contributed by atoms with van der Waals surface area (Å²) in [7, 11) is -4.08. The van der Waals surface area contributed by atoms with E-state index in [1.54, 1.807) is 19.1 Å². The molecule has 0 aliphatic rings. The minimum absolute atomic E-state index is 0.0587. The van der Waals surface area contributed by atoms with Gasteiger partial charge >= 0.3 is 5.97 Å². The number of aromatic carboxylic acids is 1. The van der Waals surface area contributed by atoms with Gasteiger partial charge in [-0.2, -0.15) is 0 Å². The van der Waals surface area contributed by atoms with Gasteiger partial charge in [0.25, 0.3) is 15.9 Å². The number of para-hydroxylation sites is 1. The first-order valence-corrected chi connectivity index (χ1v) is 9.90. The highest BCUT2D eigenvalue weighted by Crippen LogP contribution is 2.23. The lowest BCUT2D eigenvalue weighted by Gasteiger charge is -2.16. The molecule has 0 heterocycles. The molecule has 0 spiro atoms. The van der Waals surface area contributed by atoms with Crippen molar-refractivity contribution in [3.8, 4) is 0 Å². The lowest BCUT2D eigenvalue weighted by atomic mass is 10.1. The highest BCUT2D eigenvalue weighted by atomic mass is 32.2. The predicted molar refractivity (Wildman–Crippen MR) is 103 cm³/mol. The smallest absolute Gasteiger partial charge is 0.335 e. The molecule has 0 saturated heterocycles. The van der Waals surface area contributed by atoms with Crippen molar-refractivity contribution in [1.82, 2.24) is 5.32 Å². The summed E-state index contributed by atoms with van der Waals surface area (Å²) >= 11 is 0. The van der Waals surface area contributed by atoms with Crippen molar-refractivity contribution in [2.75, 3.05) is 4.72 Å². The van der Waals surface area contributed by atoms with Crippen LogP contribution in [0.25, 0.3) is 0 Å². The van der Waals surface area contributed by atoms with Crippen molar-refractivity contribution >= 4 is 27.6 Å². The van der Waals surface area contributed by atoms with Gasteiger partial charge in [-0.25, -0.2) is 13.2 Å². The quantitative estimate of drug-likeness (QED) is 0.673. The van der Waals surface area contributed by atoms with Gasteiger partial charge in [0, 0.05) is 6.04 Å². The van der Waals surface area contributed by atoms with E-state index in [-0.39, 0.29) is 27.8 Å². The number of amides is 1. The molecule has 144 valence electrons.